The summed E-state index contributed by atoms with van der Waals surface area (Å²) in [6, 6.07) is 0. The number of amides is 3. The van der Waals surface area contributed by atoms with Crippen LogP contribution in [0.15, 0.2) is 0 Å². The van der Waals surface area contributed by atoms with Gasteiger partial charge < -0.3 is 58.4 Å². The molecule has 3 saturated heterocycles. The number of piperidine rings is 3. The summed E-state index contributed by atoms with van der Waals surface area (Å²) in [5, 5.41) is 27.1. The van der Waals surface area contributed by atoms with Crippen molar-refractivity contribution in [3.63, 3.8) is 0 Å². The second kappa shape index (κ2) is 22.3. The van der Waals surface area contributed by atoms with Gasteiger partial charge in [0.15, 0.2) is 0 Å². The third kappa shape index (κ3) is 18.3. The van der Waals surface area contributed by atoms with E-state index in [1.54, 1.807) is 62.3 Å². The van der Waals surface area contributed by atoms with Gasteiger partial charge in [0.05, 0.1) is 56.8 Å². The van der Waals surface area contributed by atoms with Crippen molar-refractivity contribution in [2.75, 3.05) is 60.6 Å². The number of nitrogens with zero attached hydrogens (tertiary/aromatic N) is 3. The molecule has 0 radical (unpaired) electrons. The van der Waals surface area contributed by atoms with Gasteiger partial charge in [-0.25, -0.2) is 14.4 Å². The molecule has 0 aromatic rings. The SMILES string of the molecule is CC(C)(C)OC(=O)N1CC(C(=O)O)CC(C(=O)O)C1.COC(=O)C1CC(C(=O)O)CN(C(=O)OC(C)(C)C)C1.COC(=O)C1CC(C(=O)OC)CN(C(=O)OC(C)(C)C)C1. The molecule has 342 valence electrons. The van der Waals surface area contributed by atoms with Crippen LogP contribution in [0.2, 0.25) is 0 Å². The van der Waals surface area contributed by atoms with Crippen molar-refractivity contribution < 1.29 is 86.9 Å². The number of methoxy groups -OCH3 is 3. The number of aliphatic carboxylic acids is 3. The van der Waals surface area contributed by atoms with Crippen LogP contribution in [0.25, 0.3) is 0 Å². The summed E-state index contributed by atoms with van der Waals surface area (Å²) in [5.74, 6) is -8.92. The maximum atomic E-state index is 12.1. The van der Waals surface area contributed by atoms with E-state index >= 15 is 0 Å². The van der Waals surface area contributed by atoms with Gasteiger partial charge in [-0.3, -0.25) is 28.8 Å². The second-order valence-electron chi connectivity index (χ2n) is 17.6. The van der Waals surface area contributed by atoms with Crippen molar-refractivity contribution in [3.8, 4) is 0 Å². The van der Waals surface area contributed by atoms with Crippen LogP contribution in [0.4, 0.5) is 14.4 Å². The standard InChI is InChI=1S/C14H23NO6.C13H21NO6.C12H19NO6/c1-14(2,3)21-13(18)15-7-9(11(16)19-4)6-10(8-15)12(17)20-5;1-13(2,3)20-12(18)14-6-8(10(15)16)5-9(7-14)11(17)19-4;1-12(2,3)19-11(18)13-5-7(9(14)15)4-8(6-13)10(16)17/h9-10H,6-8H2,1-5H3;8-9H,5-7H2,1-4H3,(H,15,16);7-8H,4-6H2,1-3H3,(H,14,15)(H,16,17). The molecule has 3 fully saturated rings. The zero-order valence-corrected chi connectivity index (χ0v) is 36.6. The minimum Gasteiger partial charge on any atom is -0.481 e. The van der Waals surface area contributed by atoms with Gasteiger partial charge >= 0.3 is 54.1 Å². The Kier molecular flexibility index (Phi) is 19.6. The van der Waals surface area contributed by atoms with Crippen molar-refractivity contribution in [3.05, 3.63) is 0 Å². The Balaban J connectivity index is 0.000000451. The Bertz CT molecular complexity index is 1520. The third-order valence-corrected chi connectivity index (χ3v) is 8.96. The van der Waals surface area contributed by atoms with Crippen molar-refractivity contribution in [1.82, 2.24) is 14.7 Å². The molecule has 60 heavy (non-hydrogen) atoms. The zero-order chi connectivity index (χ0) is 46.5. The molecule has 0 aromatic heterocycles. The van der Waals surface area contributed by atoms with Crippen molar-refractivity contribution in [2.45, 2.75) is 98.4 Å². The molecule has 3 aliphatic rings. The molecule has 3 amide bonds. The van der Waals surface area contributed by atoms with Crippen molar-refractivity contribution in [1.29, 1.82) is 0 Å². The zero-order valence-electron chi connectivity index (χ0n) is 36.6. The van der Waals surface area contributed by atoms with Gasteiger partial charge in [-0.15, -0.1) is 0 Å². The van der Waals surface area contributed by atoms with Crippen LogP contribution in [0.3, 0.4) is 0 Å². The Morgan fingerprint density at radius 1 is 0.383 bits per heavy atom. The lowest BCUT2D eigenvalue weighted by molar-refractivity contribution is -0.154. The number of carbonyl (C=O) groups excluding carboxylic acids is 6. The van der Waals surface area contributed by atoms with Gasteiger partial charge in [0.1, 0.15) is 16.8 Å². The lowest BCUT2D eigenvalue weighted by Gasteiger charge is -2.36. The van der Waals surface area contributed by atoms with E-state index in [4.69, 9.17) is 39.0 Å². The number of hydrogen-bond donors (Lipinski definition) is 3. The Morgan fingerprint density at radius 3 is 0.750 bits per heavy atom. The first-order chi connectivity index (χ1) is 27.4. The molecule has 0 spiro atoms. The molecule has 3 heterocycles. The minimum absolute atomic E-state index is 0.0198. The number of esters is 3. The molecule has 0 bridgehead atoms. The smallest absolute Gasteiger partial charge is 0.410 e. The topological polar surface area (TPSA) is 279 Å². The fourth-order valence-electron chi connectivity index (χ4n) is 6.27. The average Bonchev–Trinajstić information content (AvgIpc) is 3.14. The third-order valence-electron chi connectivity index (χ3n) is 8.96. The summed E-state index contributed by atoms with van der Waals surface area (Å²) in [5.41, 5.74) is -2.02. The van der Waals surface area contributed by atoms with Crippen molar-refractivity contribution >= 4 is 54.1 Å². The minimum atomic E-state index is -1.10. The fraction of sp³-hybridized carbons (Fsp3) is 0.769. The predicted octanol–water partition coefficient (Wildman–Crippen LogP) is 3.35. The fourth-order valence-corrected chi connectivity index (χ4v) is 6.27. The van der Waals surface area contributed by atoms with Crippen LogP contribution in [-0.4, -0.2) is 162 Å². The maximum absolute atomic E-state index is 12.1. The highest BCUT2D eigenvalue weighted by atomic mass is 16.6. The lowest BCUT2D eigenvalue weighted by Crippen LogP contribution is -2.50. The summed E-state index contributed by atoms with van der Waals surface area (Å²) in [7, 11) is 3.80. The first-order valence-corrected chi connectivity index (χ1v) is 19.3. The molecule has 21 nitrogen and oxygen atoms in total. The molecule has 21 heteroatoms. The molecular formula is C39H63N3O18. The number of ether oxygens (including phenoxy) is 6. The molecule has 0 saturated carbocycles. The van der Waals surface area contributed by atoms with Gasteiger partial charge in [0.2, 0.25) is 0 Å². The summed E-state index contributed by atoms with van der Waals surface area (Å²) < 4.78 is 29.7. The first kappa shape index (κ1) is 52.6. The molecule has 6 unspecified atom stereocenters. The number of carboxylic acid groups (broad SMARTS) is 3. The van der Waals surface area contributed by atoms with E-state index in [0.29, 0.717) is 6.42 Å². The van der Waals surface area contributed by atoms with Gasteiger partial charge in [0.25, 0.3) is 0 Å². The van der Waals surface area contributed by atoms with Crippen LogP contribution in [0.1, 0.15) is 81.6 Å². The van der Waals surface area contributed by atoms with Crippen LogP contribution in [0.5, 0.6) is 0 Å². The molecule has 0 aromatic carbocycles. The van der Waals surface area contributed by atoms with Crippen LogP contribution >= 0.6 is 0 Å². The highest BCUT2D eigenvalue weighted by molar-refractivity contribution is 5.80. The second-order valence-corrected chi connectivity index (χ2v) is 17.6. The van der Waals surface area contributed by atoms with E-state index < -0.39 is 106 Å². The largest absolute Gasteiger partial charge is 0.481 e. The molecule has 0 aliphatic carbocycles. The predicted molar refractivity (Wildman–Crippen MR) is 207 cm³/mol. The van der Waals surface area contributed by atoms with Crippen molar-refractivity contribution in [2.24, 2.45) is 35.5 Å². The van der Waals surface area contributed by atoms with E-state index in [2.05, 4.69) is 4.74 Å². The monoisotopic (exact) mass is 861 g/mol. The van der Waals surface area contributed by atoms with E-state index in [1.807, 2.05) is 0 Å². The Morgan fingerprint density at radius 2 is 0.567 bits per heavy atom. The number of likely N-dealkylation sites (tertiary alicyclic amines) is 3. The van der Waals surface area contributed by atoms with Gasteiger partial charge in [-0.05, 0) is 81.6 Å². The lowest BCUT2D eigenvalue weighted by atomic mass is 9.89. The number of carbonyl (C=O) groups is 9. The normalized spacial score (nSPS) is 23.1. The molecule has 3 N–H and O–H groups in total. The first-order valence-electron chi connectivity index (χ1n) is 19.3. The maximum Gasteiger partial charge on any atom is 0.410 e. The molecular weight excluding hydrogens is 798 g/mol. The van der Waals surface area contributed by atoms with Gasteiger partial charge in [-0.2, -0.15) is 0 Å². The molecule has 3 rings (SSSR count). The van der Waals surface area contributed by atoms with Crippen LogP contribution in [0, 0.1) is 35.5 Å². The average molecular weight is 862 g/mol. The molecule has 6 atom stereocenters. The summed E-state index contributed by atoms with van der Waals surface area (Å²) >= 11 is 0. The number of rotatable bonds is 6. The summed E-state index contributed by atoms with van der Waals surface area (Å²) in [6.07, 6.45) is -1.34. The van der Waals surface area contributed by atoms with E-state index in [-0.39, 0.29) is 52.1 Å². The van der Waals surface area contributed by atoms with Gasteiger partial charge in [0, 0.05) is 39.3 Å². The molecule has 3 aliphatic heterocycles. The van der Waals surface area contributed by atoms with E-state index in [9.17, 15) is 43.2 Å². The quantitative estimate of drug-likeness (QED) is 0.255. The summed E-state index contributed by atoms with van der Waals surface area (Å²) in [4.78, 5) is 108. The summed E-state index contributed by atoms with van der Waals surface area (Å²) in [6.45, 7) is 16.0. The van der Waals surface area contributed by atoms with Gasteiger partial charge in [-0.1, -0.05) is 0 Å². The number of carboxylic acids is 3. The number of hydrogen-bond acceptors (Lipinski definition) is 15. The highest BCUT2D eigenvalue weighted by Gasteiger charge is 2.41. The van der Waals surface area contributed by atoms with E-state index in [0.717, 1.165) is 4.90 Å². The van der Waals surface area contributed by atoms with E-state index in [1.165, 1.54) is 31.1 Å². The highest BCUT2D eigenvalue weighted by Crippen LogP contribution is 2.28. The van der Waals surface area contributed by atoms with Crippen LogP contribution < -0.4 is 0 Å². The Labute approximate surface area is 349 Å². The van der Waals surface area contributed by atoms with Crippen LogP contribution in [-0.2, 0) is 57.2 Å². The Hall–Kier alpha value is -5.37.